The van der Waals surface area contributed by atoms with Gasteiger partial charge in [-0.15, -0.1) is 5.10 Å². The molecular weight excluding hydrogens is 308 g/mol. The Kier molecular flexibility index (Phi) is 4.13. The lowest BCUT2D eigenvalue weighted by Gasteiger charge is -2.14. The van der Waals surface area contributed by atoms with Crippen LogP contribution in [0.5, 0.6) is 0 Å². The Labute approximate surface area is 121 Å². The first-order valence-electron chi connectivity index (χ1n) is 5.87. The number of hydroxylamine groups is 2. The SMILES string of the molecule is CON(C)C(=O)c1nnn(-c2ccccc2F)c1C(F)(F)F. The summed E-state index contributed by atoms with van der Waals surface area (Å²) in [5, 5.41) is 7.04. The van der Waals surface area contributed by atoms with E-state index in [2.05, 4.69) is 15.1 Å². The van der Waals surface area contributed by atoms with Crippen LogP contribution in [0.4, 0.5) is 17.6 Å². The van der Waals surface area contributed by atoms with Crippen LogP contribution in [0, 0.1) is 5.82 Å². The molecule has 0 atom stereocenters. The fourth-order valence-corrected chi connectivity index (χ4v) is 1.70. The van der Waals surface area contributed by atoms with Gasteiger partial charge < -0.3 is 0 Å². The van der Waals surface area contributed by atoms with Crippen molar-refractivity contribution >= 4 is 5.91 Å². The number of amides is 1. The molecule has 0 bridgehead atoms. The van der Waals surface area contributed by atoms with E-state index in [-0.39, 0.29) is 4.68 Å². The number of aromatic nitrogens is 3. The highest BCUT2D eigenvalue weighted by atomic mass is 19.4. The van der Waals surface area contributed by atoms with Crippen molar-refractivity contribution in [2.45, 2.75) is 6.18 Å². The molecule has 0 saturated carbocycles. The molecule has 0 N–H and O–H groups in total. The topological polar surface area (TPSA) is 60.2 Å². The Bertz CT molecular complexity index is 699. The Hall–Kier alpha value is -2.49. The molecule has 1 heterocycles. The number of carbonyl (C=O) groups excluding carboxylic acids is 1. The zero-order chi connectivity index (χ0) is 16.5. The van der Waals surface area contributed by atoms with Crippen LogP contribution in [0.15, 0.2) is 24.3 Å². The van der Waals surface area contributed by atoms with Crippen LogP contribution in [0.25, 0.3) is 5.69 Å². The van der Waals surface area contributed by atoms with Crippen molar-refractivity contribution in [1.82, 2.24) is 20.1 Å². The maximum atomic E-state index is 13.7. The van der Waals surface area contributed by atoms with Crippen molar-refractivity contribution < 1.29 is 27.2 Å². The van der Waals surface area contributed by atoms with Crippen molar-refractivity contribution in [3.05, 3.63) is 41.5 Å². The number of rotatable bonds is 3. The molecular formula is C12H10F4N4O2. The van der Waals surface area contributed by atoms with E-state index in [1.54, 1.807) is 0 Å². The maximum Gasteiger partial charge on any atom is 0.435 e. The van der Waals surface area contributed by atoms with Gasteiger partial charge in [0.05, 0.1) is 7.11 Å². The molecule has 1 amide bonds. The van der Waals surface area contributed by atoms with Gasteiger partial charge in [-0.05, 0) is 12.1 Å². The fourth-order valence-electron chi connectivity index (χ4n) is 1.70. The monoisotopic (exact) mass is 318 g/mol. The second kappa shape index (κ2) is 5.72. The fraction of sp³-hybridized carbons (Fsp3) is 0.250. The molecule has 0 fully saturated rings. The Morgan fingerprint density at radius 3 is 2.50 bits per heavy atom. The molecule has 2 aromatic rings. The van der Waals surface area contributed by atoms with Crippen LogP contribution in [-0.2, 0) is 11.0 Å². The van der Waals surface area contributed by atoms with E-state index < -0.39 is 35.0 Å². The molecule has 2 rings (SSSR count). The molecule has 0 unspecified atom stereocenters. The third-order valence-corrected chi connectivity index (χ3v) is 2.78. The zero-order valence-electron chi connectivity index (χ0n) is 11.4. The van der Waals surface area contributed by atoms with E-state index in [9.17, 15) is 22.4 Å². The van der Waals surface area contributed by atoms with Crippen molar-refractivity contribution in [1.29, 1.82) is 0 Å². The van der Waals surface area contributed by atoms with E-state index >= 15 is 0 Å². The highest BCUT2D eigenvalue weighted by Crippen LogP contribution is 2.33. The minimum absolute atomic E-state index is 0.242. The van der Waals surface area contributed by atoms with Gasteiger partial charge in [-0.3, -0.25) is 9.63 Å². The molecule has 0 saturated heterocycles. The van der Waals surface area contributed by atoms with Crippen molar-refractivity contribution in [2.75, 3.05) is 14.2 Å². The molecule has 6 nitrogen and oxygen atoms in total. The zero-order valence-corrected chi connectivity index (χ0v) is 11.4. The predicted octanol–water partition coefficient (Wildman–Crippen LogP) is 2.06. The summed E-state index contributed by atoms with van der Waals surface area (Å²) < 4.78 is 53.7. The number of halogens is 4. The normalized spacial score (nSPS) is 11.5. The average Bonchev–Trinajstić information content (AvgIpc) is 2.90. The maximum absolute atomic E-state index is 13.7. The molecule has 118 valence electrons. The first-order chi connectivity index (χ1) is 10.3. The average molecular weight is 318 g/mol. The first-order valence-corrected chi connectivity index (χ1v) is 5.87. The molecule has 0 spiro atoms. The summed E-state index contributed by atoms with van der Waals surface area (Å²) in [6.07, 6.45) is -4.97. The highest BCUT2D eigenvalue weighted by Gasteiger charge is 2.43. The molecule has 10 heteroatoms. The minimum Gasteiger partial charge on any atom is -0.274 e. The quantitative estimate of drug-likeness (QED) is 0.642. The molecule has 0 aliphatic rings. The summed E-state index contributed by atoms with van der Waals surface area (Å²) >= 11 is 0. The van der Waals surface area contributed by atoms with Gasteiger partial charge in [0.15, 0.2) is 11.4 Å². The molecule has 0 radical (unpaired) electrons. The number of carbonyl (C=O) groups is 1. The van der Waals surface area contributed by atoms with E-state index in [0.29, 0.717) is 5.06 Å². The second-order valence-corrected chi connectivity index (χ2v) is 4.13. The van der Waals surface area contributed by atoms with Crippen LogP contribution < -0.4 is 0 Å². The van der Waals surface area contributed by atoms with Crippen LogP contribution in [-0.4, -0.2) is 40.1 Å². The van der Waals surface area contributed by atoms with E-state index in [1.807, 2.05) is 0 Å². The number of alkyl halides is 3. The van der Waals surface area contributed by atoms with Gasteiger partial charge in [0.25, 0.3) is 5.91 Å². The number of hydrogen-bond donors (Lipinski definition) is 0. The third-order valence-electron chi connectivity index (χ3n) is 2.78. The van der Waals surface area contributed by atoms with E-state index in [1.165, 1.54) is 12.1 Å². The van der Waals surface area contributed by atoms with Crippen LogP contribution >= 0.6 is 0 Å². The molecule has 0 aliphatic heterocycles. The van der Waals surface area contributed by atoms with Gasteiger partial charge in [-0.25, -0.2) is 14.1 Å². The Morgan fingerprint density at radius 2 is 1.95 bits per heavy atom. The van der Waals surface area contributed by atoms with Gasteiger partial charge in [0.2, 0.25) is 0 Å². The first kappa shape index (κ1) is 15.9. The molecule has 0 aliphatic carbocycles. The molecule has 1 aromatic carbocycles. The van der Waals surface area contributed by atoms with Crippen LogP contribution in [0.2, 0.25) is 0 Å². The Morgan fingerprint density at radius 1 is 1.32 bits per heavy atom. The Balaban J connectivity index is 2.66. The number of nitrogens with zero attached hydrogens (tertiary/aromatic N) is 4. The minimum atomic E-state index is -4.97. The van der Waals surface area contributed by atoms with Crippen molar-refractivity contribution in [3.8, 4) is 5.69 Å². The predicted molar refractivity (Wildman–Crippen MR) is 65.4 cm³/mol. The van der Waals surface area contributed by atoms with Gasteiger partial charge in [-0.2, -0.15) is 13.2 Å². The van der Waals surface area contributed by atoms with Crippen LogP contribution in [0.1, 0.15) is 16.2 Å². The van der Waals surface area contributed by atoms with Gasteiger partial charge in [0, 0.05) is 7.05 Å². The highest BCUT2D eigenvalue weighted by molar-refractivity contribution is 5.92. The van der Waals surface area contributed by atoms with Gasteiger partial charge in [-0.1, -0.05) is 17.3 Å². The summed E-state index contributed by atoms with van der Waals surface area (Å²) in [5.74, 6) is -2.09. The van der Waals surface area contributed by atoms with Crippen LogP contribution in [0.3, 0.4) is 0 Å². The standard InChI is InChI=1S/C12H10F4N4O2/c1-19(22-2)11(21)9-10(12(14,15)16)20(18-17-9)8-6-4-3-5-7(8)13/h3-6H,1-2H3. The van der Waals surface area contributed by atoms with Crippen molar-refractivity contribution in [2.24, 2.45) is 0 Å². The van der Waals surface area contributed by atoms with Gasteiger partial charge in [0.1, 0.15) is 11.5 Å². The molecule has 1 aromatic heterocycles. The van der Waals surface area contributed by atoms with E-state index in [0.717, 1.165) is 26.3 Å². The smallest absolute Gasteiger partial charge is 0.274 e. The number of hydrogen-bond acceptors (Lipinski definition) is 4. The second-order valence-electron chi connectivity index (χ2n) is 4.13. The summed E-state index contributed by atoms with van der Waals surface area (Å²) in [7, 11) is 2.22. The lowest BCUT2D eigenvalue weighted by molar-refractivity contribution is -0.143. The van der Waals surface area contributed by atoms with E-state index in [4.69, 9.17) is 0 Å². The van der Waals surface area contributed by atoms with Crippen molar-refractivity contribution in [3.63, 3.8) is 0 Å². The number of benzene rings is 1. The lowest BCUT2D eigenvalue weighted by Crippen LogP contribution is -2.28. The summed E-state index contributed by atoms with van der Waals surface area (Å²) in [6.45, 7) is 0. The summed E-state index contributed by atoms with van der Waals surface area (Å²) in [5.41, 5.74) is -2.94. The largest absolute Gasteiger partial charge is 0.435 e. The number of para-hydroxylation sites is 1. The summed E-state index contributed by atoms with van der Waals surface area (Å²) in [6, 6.07) is 4.71. The lowest BCUT2D eigenvalue weighted by atomic mass is 10.2. The van der Waals surface area contributed by atoms with Gasteiger partial charge >= 0.3 is 6.18 Å². The summed E-state index contributed by atoms with van der Waals surface area (Å²) in [4.78, 5) is 16.4. The third kappa shape index (κ3) is 2.77. The molecule has 22 heavy (non-hydrogen) atoms.